The topological polar surface area (TPSA) is 50.7 Å². The summed E-state index contributed by atoms with van der Waals surface area (Å²) in [4.78, 5) is 19.9. The van der Waals surface area contributed by atoms with Gasteiger partial charge in [0.25, 0.3) is 5.56 Å². The van der Waals surface area contributed by atoms with Crippen LogP contribution in [0.1, 0.15) is 30.8 Å². The van der Waals surface area contributed by atoms with Gasteiger partial charge in [-0.2, -0.15) is 0 Å². The first-order chi connectivity index (χ1) is 7.75. The first-order valence-electron chi connectivity index (χ1n) is 5.85. The van der Waals surface area contributed by atoms with E-state index in [-0.39, 0.29) is 5.56 Å². The minimum absolute atomic E-state index is 0.0926. The number of aromatic amines is 1. The molecule has 84 valence electrons. The Morgan fingerprint density at radius 2 is 2.25 bits per heavy atom. The number of aryl methyl sites for hydroxylation is 2. The van der Waals surface area contributed by atoms with E-state index in [9.17, 15) is 4.79 Å². The summed E-state index contributed by atoms with van der Waals surface area (Å²) in [6, 6.07) is 1.95. The Balaban J connectivity index is 2.33. The Labute approximate surface area is 93.3 Å². The molecule has 0 amide bonds. The maximum absolute atomic E-state index is 12.2. The molecule has 1 aliphatic rings. The number of nitrogens with zero attached hydrogens (tertiary/aromatic N) is 2. The smallest absolute Gasteiger partial charge is 0.277 e. The van der Waals surface area contributed by atoms with Gasteiger partial charge in [-0.25, -0.2) is 4.98 Å². The summed E-state index contributed by atoms with van der Waals surface area (Å²) in [6.07, 6.45) is 4.34. The van der Waals surface area contributed by atoms with E-state index < -0.39 is 0 Å². The van der Waals surface area contributed by atoms with Gasteiger partial charge in [-0.1, -0.05) is 6.42 Å². The van der Waals surface area contributed by atoms with E-state index in [0.29, 0.717) is 5.52 Å². The summed E-state index contributed by atoms with van der Waals surface area (Å²) in [5, 5.41) is 0. The van der Waals surface area contributed by atoms with Gasteiger partial charge in [-0.15, -0.1) is 0 Å². The number of hydrogen-bond donors (Lipinski definition) is 1. The lowest BCUT2D eigenvalue weighted by Crippen LogP contribution is -2.24. The molecule has 2 aromatic heterocycles. The number of fused-ring (bicyclic) bond motifs is 2. The fourth-order valence-electron chi connectivity index (χ4n) is 2.43. The van der Waals surface area contributed by atoms with Gasteiger partial charge >= 0.3 is 0 Å². The highest BCUT2D eigenvalue weighted by molar-refractivity contribution is 5.74. The lowest BCUT2D eigenvalue weighted by atomic mass is 10.2. The van der Waals surface area contributed by atoms with Gasteiger partial charge in [0.2, 0.25) is 0 Å². The molecule has 0 spiro atoms. The van der Waals surface area contributed by atoms with Gasteiger partial charge in [0.05, 0.1) is 5.52 Å². The van der Waals surface area contributed by atoms with Gasteiger partial charge in [0.15, 0.2) is 0 Å². The number of hydrogen-bond acceptors (Lipinski definition) is 2. The van der Waals surface area contributed by atoms with Crippen molar-refractivity contribution in [3.63, 3.8) is 0 Å². The standard InChI is InChI=1S/C12H15N3O/c1-8-7-9-11(13-8)12(16)15-6-4-2-3-5-10(15)14-9/h7,13H,2-6H2,1H3. The molecular formula is C12H15N3O. The Hall–Kier alpha value is -1.58. The number of rotatable bonds is 0. The molecule has 16 heavy (non-hydrogen) atoms. The molecule has 0 saturated heterocycles. The van der Waals surface area contributed by atoms with Gasteiger partial charge < -0.3 is 4.98 Å². The molecular weight excluding hydrogens is 202 g/mol. The maximum atomic E-state index is 12.2. The van der Waals surface area contributed by atoms with Crippen LogP contribution in [-0.2, 0) is 13.0 Å². The van der Waals surface area contributed by atoms with E-state index >= 15 is 0 Å². The lowest BCUT2D eigenvalue weighted by Gasteiger charge is -2.07. The minimum Gasteiger partial charge on any atom is -0.353 e. The third kappa shape index (κ3) is 1.37. The normalized spacial score (nSPS) is 16.1. The second-order valence-electron chi connectivity index (χ2n) is 4.51. The molecule has 0 atom stereocenters. The van der Waals surface area contributed by atoms with Crippen LogP contribution >= 0.6 is 0 Å². The molecule has 3 heterocycles. The van der Waals surface area contributed by atoms with Crippen LogP contribution in [0.4, 0.5) is 0 Å². The van der Waals surface area contributed by atoms with Gasteiger partial charge in [-0.05, 0) is 25.8 Å². The Bertz CT molecular complexity index is 594. The summed E-state index contributed by atoms with van der Waals surface area (Å²) >= 11 is 0. The predicted octanol–water partition coefficient (Wildman–Crippen LogP) is 1.76. The molecule has 0 aromatic carbocycles. The predicted molar refractivity (Wildman–Crippen MR) is 62.6 cm³/mol. The van der Waals surface area contributed by atoms with Crippen LogP contribution in [0.3, 0.4) is 0 Å². The van der Waals surface area contributed by atoms with E-state index in [4.69, 9.17) is 0 Å². The second-order valence-corrected chi connectivity index (χ2v) is 4.51. The first kappa shape index (κ1) is 9.63. The van der Waals surface area contributed by atoms with Gasteiger partial charge in [-0.3, -0.25) is 9.36 Å². The average Bonchev–Trinajstić information content (AvgIpc) is 2.48. The minimum atomic E-state index is 0.0926. The summed E-state index contributed by atoms with van der Waals surface area (Å²) in [7, 11) is 0. The highest BCUT2D eigenvalue weighted by Crippen LogP contribution is 2.15. The summed E-state index contributed by atoms with van der Waals surface area (Å²) in [5.74, 6) is 0.953. The van der Waals surface area contributed by atoms with E-state index in [1.807, 2.05) is 17.6 Å². The van der Waals surface area contributed by atoms with Crippen molar-refractivity contribution in [2.24, 2.45) is 0 Å². The zero-order valence-electron chi connectivity index (χ0n) is 9.42. The molecule has 0 bridgehead atoms. The molecule has 2 aromatic rings. The third-order valence-corrected chi connectivity index (χ3v) is 3.23. The second kappa shape index (κ2) is 3.47. The summed E-state index contributed by atoms with van der Waals surface area (Å²) in [6.45, 7) is 2.77. The number of H-pyrrole nitrogens is 1. The van der Waals surface area contributed by atoms with Crippen LogP contribution in [0.15, 0.2) is 10.9 Å². The zero-order chi connectivity index (χ0) is 11.1. The lowest BCUT2D eigenvalue weighted by molar-refractivity contribution is 0.613. The van der Waals surface area contributed by atoms with E-state index in [0.717, 1.165) is 42.8 Å². The molecule has 0 unspecified atom stereocenters. The molecule has 4 nitrogen and oxygen atoms in total. The van der Waals surface area contributed by atoms with Crippen LogP contribution in [0.25, 0.3) is 11.0 Å². The molecule has 0 saturated carbocycles. The SMILES string of the molecule is Cc1cc2nc3n(c(=O)c2[nH]1)CCCCC3. The van der Waals surface area contributed by atoms with Gasteiger partial charge in [0.1, 0.15) is 11.3 Å². The third-order valence-electron chi connectivity index (χ3n) is 3.23. The largest absolute Gasteiger partial charge is 0.353 e. The summed E-state index contributed by atoms with van der Waals surface area (Å²) < 4.78 is 1.84. The first-order valence-corrected chi connectivity index (χ1v) is 5.85. The summed E-state index contributed by atoms with van der Waals surface area (Å²) in [5.41, 5.74) is 2.56. The average molecular weight is 217 g/mol. The van der Waals surface area contributed by atoms with Crippen molar-refractivity contribution in [2.75, 3.05) is 0 Å². The Morgan fingerprint density at radius 1 is 1.38 bits per heavy atom. The van der Waals surface area contributed by atoms with Crippen LogP contribution in [0, 0.1) is 6.92 Å². The van der Waals surface area contributed by atoms with Crippen molar-refractivity contribution in [1.82, 2.24) is 14.5 Å². The monoisotopic (exact) mass is 217 g/mol. The Morgan fingerprint density at radius 3 is 3.12 bits per heavy atom. The van der Waals surface area contributed by atoms with Crippen molar-refractivity contribution < 1.29 is 0 Å². The molecule has 0 fully saturated rings. The number of aromatic nitrogens is 3. The van der Waals surface area contributed by atoms with Crippen LogP contribution < -0.4 is 5.56 Å². The highest BCUT2D eigenvalue weighted by Gasteiger charge is 2.14. The molecule has 3 rings (SSSR count). The molecule has 1 aliphatic heterocycles. The van der Waals surface area contributed by atoms with E-state index in [1.54, 1.807) is 0 Å². The Kier molecular flexibility index (Phi) is 2.09. The van der Waals surface area contributed by atoms with Crippen molar-refractivity contribution in [2.45, 2.75) is 39.2 Å². The van der Waals surface area contributed by atoms with E-state index in [1.165, 1.54) is 6.42 Å². The fraction of sp³-hybridized carbons (Fsp3) is 0.500. The maximum Gasteiger partial charge on any atom is 0.277 e. The van der Waals surface area contributed by atoms with Crippen molar-refractivity contribution >= 4 is 11.0 Å². The molecule has 1 N–H and O–H groups in total. The van der Waals surface area contributed by atoms with Crippen LogP contribution in [0.5, 0.6) is 0 Å². The molecule has 0 radical (unpaired) electrons. The number of nitrogens with one attached hydrogen (secondary N) is 1. The zero-order valence-corrected chi connectivity index (χ0v) is 9.42. The van der Waals surface area contributed by atoms with Crippen LogP contribution in [0.2, 0.25) is 0 Å². The quantitative estimate of drug-likeness (QED) is 0.731. The highest BCUT2D eigenvalue weighted by atomic mass is 16.1. The van der Waals surface area contributed by atoms with Gasteiger partial charge in [0, 0.05) is 18.7 Å². The molecule has 0 aliphatic carbocycles. The van der Waals surface area contributed by atoms with E-state index in [2.05, 4.69) is 9.97 Å². The van der Waals surface area contributed by atoms with Crippen LogP contribution in [-0.4, -0.2) is 14.5 Å². The van der Waals surface area contributed by atoms with Crippen molar-refractivity contribution in [1.29, 1.82) is 0 Å². The molecule has 4 heteroatoms. The van der Waals surface area contributed by atoms with Crippen molar-refractivity contribution in [3.05, 3.63) is 27.9 Å². The fourth-order valence-corrected chi connectivity index (χ4v) is 2.43. The van der Waals surface area contributed by atoms with Crippen molar-refractivity contribution in [3.8, 4) is 0 Å².